The van der Waals surface area contributed by atoms with Crippen LogP contribution in [0.15, 0.2) is 24.3 Å². The summed E-state index contributed by atoms with van der Waals surface area (Å²) in [6.07, 6.45) is 0. The van der Waals surface area contributed by atoms with Crippen molar-refractivity contribution in [3.05, 3.63) is 35.4 Å². The highest BCUT2D eigenvalue weighted by Crippen LogP contribution is 2.17. The topological polar surface area (TPSA) is 26.3 Å². The van der Waals surface area contributed by atoms with Gasteiger partial charge in [0.2, 0.25) is 0 Å². The zero-order valence-electron chi connectivity index (χ0n) is 6.80. The number of benzene rings is 1. The molecule has 1 aliphatic heterocycles. The number of halogens is 2. The number of alkyl halides is 2. The van der Waals surface area contributed by atoms with Crippen LogP contribution >= 0.6 is 23.2 Å². The lowest BCUT2D eigenvalue weighted by Gasteiger charge is -1.87. The monoisotopic (exact) mass is 218 g/mol. The Balaban J connectivity index is 0.000000251. The number of cyclic esters (lactones) is 1. The number of fused-ring (bicyclic) bond motifs is 1. The molecule has 0 bridgehead atoms. The molecule has 0 saturated carbocycles. The van der Waals surface area contributed by atoms with Crippen LogP contribution in [-0.4, -0.2) is 11.3 Å². The normalized spacial score (nSPS) is 12.6. The highest BCUT2D eigenvalue weighted by atomic mass is 35.5. The molecular formula is C9H8Cl2O2. The van der Waals surface area contributed by atoms with E-state index >= 15 is 0 Å². The second-order valence-electron chi connectivity index (χ2n) is 2.33. The second kappa shape index (κ2) is 5.10. The third kappa shape index (κ3) is 2.61. The SMILES string of the molecule is ClCCl.O=C1OCc2ccccc21. The summed E-state index contributed by atoms with van der Waals surface area (Å²) in [7, 11) is 0. The zero-order chi connectivity index (χ0) is 9.68. The Bertz CT molecular complexity index is 299. The van der Waals surface area contributed by atoms with E-state index in [0.717, 1.165) is 5.56 Å². The summed E-state index contributed by atoms with van der Waals surface area (Å²) in [5, 5.41) is 0.194. The molecule has 2 rings (SSSR count). The van der Waals surface area contributed by atoms with Gasteiger partial charge in [-0.2, -0.15) is 0 Å². The average molecular weight is 219 g/mol. The van der Waals surface area contributed by atoms with E-state index < -0.39 is 0 Å². The van der Waals surface area contributed by atoms with Gasteiger partial charge in [0.1, 0.15) is 6.61 Å². The van der Waals surface area contributed by atoms with E-state index in [4.69, 9.17) is 27.9 Å². The maximum absolute atomic E-state index is 10.8. The first-order valence-corrected chi connectivity index (χ1v) is 4.73. The molecule has 0 saturated heterocycles. The van der Waals surface area contributed by atoms with Crippen molar-refractivity contribution in [1.29, 1.82) is 0 Å². The highest BCUT2D eigenvalue weighted by Gasteiger charge is 2.18. The summed E-state index contributed by atoms with van der Waals surface area (Å²) >= 11 is 9.53. The fourth-order valence-electron chi connectivity index (χ4n) is 1.07. The van der Waals surface area contributed by atoms with Crippen LogP contribution in [0.1, 0.15) is 15.9 Å². The minimum Gasteiger partial charge on any atom is -0.457 e. The average Bonchev–Trinajstić information content (AvgIpc) is 2.50. The van der Waals surface area contributed by atoms with E-state index in [1.54, 1.807) is 6.07 Å². The summed E-state index contributed by atoms with van der Waals surface area (Å²) in [6, 6.07) is 7.43. The lowest BCUT2D eigenvalue weighted by molar-refractivity contribution is 0.0535. The molecule has 0 atom stereocenters. The molecule has 0 amide bonds. The van der Waals surface area contributed by atoms with Crippen molar-refractivity contribution in [2.45, 2.75) is 6.61 Å². The molecule has 0 N–H and O–H groups in total. The van der Waals surface area contributed by atoms with Gasteiger partial charge in [-0.05, 0) is 6.07 Å². The molecule has 1 aromatic carbocycles. The first-order valence-electron chi connectivity index (χ1n) is 3.66. The molecule has 0 unspecified atom stereocenters. The van der Waals surface area contributed by atoms with Gasteiger partial charge in [-0.15, -0.1) is 23.2 Å². The van der Waals surface area contributed by atoms with Gasteiger partial charge in [0, 0.05) is 5.56 Å². The van der Waals surface area contributed by atoms with Crippen LogP contribution < -0.4 is 0 Å². The van der Waals surface area contributed by atoms with Crippen LogP contribution in [0.25, 0.3) is 0 Å². The largest absolute Gasteiger partial charge is 0.457 e. The van der Waals surface area contributed by atoms with E-state index in [2.05, 4.69) is 0 Å². The molecule has 4 heteroatoms. The maximum Gasteiger partial charge on any atom is 0.338 e. The summed E-state index contributed by atoms with van der Waals surface area (Å²) in [5.41, 5.74) is 1.70. The van der Waals surface area contributed by atoms with Crippen LogP contribution in [0.3, 0.4) is 0 Å². The smallest absolute Gasteiger partial charge is 0.338 e. The third-order valence-electron chi connectivity index (χ3n) is 1.60. The van der Waals surface area contributed by atoms with Crippen LogP contribution in [0, 0.1) is 0 Å². The molecule has 1 heterocycles. The van der Waals surface area contributed by atoms with Gasteiger partial charge in [0.05, 0.1) is 10.9 Å². The Hall–Kier alpha value is -0.730. The fraction of sp³-hybridized carbons (Fsp3) is 0.222. The number of rotatable bonds is 0. The number of carbonyl (C=O) groups is 1. The van der Waals surface area contributed by atoms with Gasteiger partial charge in [-0.3, -0.25) is 0 Å². The maximum atomic E-state index is 10.8. The predicted octanol–water partition coefficient (Wildman–Crippen LogP) is 2.78. The second-order valence-corrected chi connectivity index (χ2v) is 3.14. The quantitative estimate of drug-likeness (QED) is 0.495. The van der Waals surface area contributed by atoms with Gasteiger partial charge in [0.25, 0.3) is 0 Å². The third-order valence-corrected chi connectivity index (χ3v) is 1.60. The molecular weight excluding hydrogens is 211 g/mol. The van der Waals surface area contributed by atoms with Crippen LogP contribution in [0.4, 0.5) is 0 Å². The standard InChI is InChI=1S/C8H6O2.CH2Cl2/c9-8-7-4-2-1-3-6(7)5-10-8;2-1-3/h1-4H,5H2;1H2. The summed E-state index contributed by atoms with van der Waals surface area (Å²) < 4.78 is 4.78. The summed E-state index contributed by atoms with van der Waals surface area (Å²) in [4.78, 5) is 10.8. The molecule has 0 fully saturated rings. The van der Waals surface area contributed by atoms with E-state index in [-0.39, 0.29) is 11.3 Å². The van der Waals surface area contributed by atoms with Crippen LogP contribution in [-0.2, 0) is 11.3 Å². The van der Waals surface area contributed by atoms with Crippen LogP contribution in [0.2, 0.25) is 0 Å². The molecule has 0 aliphatic carbocycles. The van der Waals surface area contributed by atoms with Crippen molar-refractivity contribution in [3.8, 4) is 0 Å². The summed E-state index contributed by atoms with van der Waals surface area (Å²) in [6.45, 7) is 0.439. The van der Waals surface area contributed by atoms with Gasteiger partial charge < -0.3 is 4.74 Å². The van der Waals surface area contributed by atoms with Crippen molar-refractivity contribution in [2.75, 3.05) is 5.34 Å². The van der Waals surface area contributed by atoms with E-state index in [1.807, 2.05) is 18.2 Å². The molecule has 1 aromatic rings. The summed E-state index contributed by atoms with van der Waals surface area (Å²) in [5.74, 6) is -0.199. The van der Waals surface area contributed by atoms with E-state index in [9.17, 15) is 4.79 Å². The molecule has 13 heavy (non-hydrogen) atoms. The van der Waals surface area contributed by atoms with E-state index in [1.165, 1.54) is 0 Å². The Morgan fingerprint density at radius 2 is 1.92 bits per heavy atom. The van der Waals surface area contributed by atoms with Crippen molar-refractivity contribution in [2.24, 2.45) is 0 Å². The minimum atomic E-state index is -0.199. The Labute approximate surface area is 86.4 Å². The van der Waals surface area contributed by atoms with Crippen molar-refractivity contribution in [3.63, 3.8) is 0 Å². The number of hydrogen-bond donors (Lipinski definition) is 0. The predicted molar refractivity (Wildman–Crippen MR) is 52.1 cm³/mol. The van der Waals surface area contributed by atoms with Crippen molar-refractivity contribution < 1.29 is 9.53 Å². The first kappa shape index (κ1) is 10.4. The minimum absolute atomic E-state index is 0.194. The Kier molecular flexibility index (Phi) is 4.06. The zero-order valence-corrected chi connectivity index (χ0v) is 8.31. The molecule has 0 spiro atoms. The van der Waals surface area contributed by atoms with E-state index in [0.29, 0.717) is 12.2 Å². The van der Waals surface area contributed by atoms with Gasteiger partial charge in [-0.25, -0.2) is 4.79 Å². The van der Waals surface area contributed by atoms with Crippen molar-refractivity contribution >= 4 is 29.2 Å². The van der Waals surface area contributed by atoms with Crippen molar-refractivity contribution in [1.82, 2.24) is 0 Å². The fourth-order valence-corrected chi connectivity index (χ4v) is 1.07. The Morgan fingerprint density at radius 1 is 1.31 bits per heavy atom. The molecule has 1 aliphatic rings. The lowest BCUT2D eigenvalue weighted by Crippen LogP contribution is -1.91. The highest BCUT2D eigenvalue weighted by molar-refractivity contribution is 6.40. The lowest BCUT2D eigenvalue weighted by atomic mass is 10.1. The number of ether oxygens (including phenoxy) is 1. The number of hydrogen-bond acceptors (Lipinski definition) is 2. The van der Waals surface area contributed by atoms with Gasteiger partial charge in [0.15, 0.2) is 0 Å². The molecule has 0 aromatic heterocycles. The van der Waals surface area contributed by atoms with Gasteiger partial charge >= 0.3 is 5.97 Å². The number of carbonyl (C=O) groups excluding carboxylic acids is 1. The van der Waals surface area contributed by atoms with Crippen LogP contribution in [0.5, 0.6) is 0 Å². The Morgan fingerprint density at radius 3 is 2.54 bits per heavy atom. The molecule has 0 radical (unpaired) electrons. The number of esters is 1. The first-order chi connectivity index (χ1) is 6.29. The molecule has 70 valence electrons. The molecule has 2 nitrogen and oxygen atoms in total. The van der Waals surface area contributed by atoms with Gasteiger partial charge in [-0.1, -0.05) is 18.2 Å².